The molecule has 102 valence electrons. The molecule has 0 spiro atoms. The van der Waals surface area contributed by atoms with E-state index in [1.165, 1.54) is 13.0 Å². The van der Waals surface area contributed by atoms with Gasteiger partial charge in [0, 0.05) is 4.83 Å². The van der Waals surface area contributed by atoms with Crippen LogP contribution in [0.15, 0.2) is 16.9 Å². The summed E-state index contributed by atoms with van der Waals surface area (Å²) < 4.78 is 39.0. The Hall–Kier alpha value is -1.37. The Kier molecular flexibility index (Phi) is 3.42. The van der Waals surface area contributed by atoms with E-state index in [0.717, 1.165) is 6.07 Å². The number of rotatable bonds is 1. The number of aryl methyl sites for hydroxylation is 1. The fraction of sp³-hybridized carbons (Fsp3) is 0.333. The van der Waals surface area contributed by atoms with Gasteiger partial charge in [-0.25, -0.2) is 4.98 Å². The molecule has 0 bridgehead atoms. The first-order chi connectivity index (χ1) is 8.70. The first-order valence-electron chi connectivity index (χ1n) is 5.46. The van der Waals surface area contributed by atoms with Crippen molar-refractivity contribution in [3.8, 4) is 0 Å². The number of hydrogen-bond donors (Lipinski definition) is 1. The number of fused-ring (bicyclic) bond motifs is 1. The van der Waals surface area contributed by atoms with Gasteiger partial charge in [-0.2, -0.15) is 13.2 Å². The van der Waals surface area contributed by atoms with Crippen molar-refractivity contribution in [2.45, 2.75) is 24.9 Å². The molecular formula is C12H10BrF3N2O. The van der Waals surface area contributed by atoms with Gasteiger partial charge < -0.3 is 4.98 Å². The molecule has 19 heavy (non-hydrogen) atoms. The molecule has 0 amide bonds. The normalized spacial score (nSPS) is 13.8. The molecule has 1 unspecified atom stereocenters. The van der Waals surface area contributed by atoms with Crippen molar-refractivity contribution in [1.82, 2.24) is 9.97 Å². The van der Waals surface area contributed by atoms with Crippen molar-refractivity contribution >= 4 is 26.8 Å². The third-order valence-corrected chi connectivity index (χ3v) is 3.22. The van der Waals surface area contributed by atoms with Gasteiger partial charge >= 0.3 is 6.18 Å². The fourth-order valence-corrected chi connectivity index (χ4v) is 2.27. The van der Waals surface area contributed by atoms with Gasteiger partial charge in [-0.05, 0) is 31.5 Å². The minimum absolute atomic E-state index is 0.0242. The average Bonchev–Trinajstić information content (AvgIpc) is 2.25. The zero-order valence-corrected chi connectivity index (χ0v) is 11.7. The van der Waals surface area contributed by atoms with Crippen LogP contribution in [0.3, 0.4) is 0 Å². The highest BCUT2D eigenvalue weighted by molar-refractivity contribution is 9.09. The number of alkyl halides is 4. The smallest absolute Gasteiger partial charge is 0.310 e. The molecule has 0 aliphatic carbocycles. The minimum Gasteiger partial charge on any atom is -0.310 e. The number of halogens is 4. The molecular weight excluding hydrogens is 325 g/mol. The highest BCUT2D eigenvalue weighted by Crippen LogP contribution is 2.38. The first kappa shape index (κ1) is 14.0. The largest absolute Gasteiger partial charge is 0.416 e. The maximum absolute atomic E-state index is 13.0. The number of aromatic nitrogens is 2. The lowest BCUT2D eigenvalue weighted by molar-refractivity contribution is -0.138. The fourth-order valence-electron chi connectivity index (χ4n) is 1.89. The molecule has 3 nitrogen and oxygen atoms in total. The summed E-state index contributed by atoms with van der Waals surface area (Å²) in [5.74, 6) is 0.283. The van der Waals surface area contributed by atoms with Crippen molar-refractivity contribution < 1.29 is 13.2 Å². The number of nitrogens with zero attached hydrogens (tertiary/aromatic N) is 1. The maximum atomic E-state index is 13.0. The van der Waals surface area contributed by atoms with Crippen molar-refractivity contribution in [3.05, 3.63) is 39.4 Å². The molecule has 1 heterocycles. The molecule has 1 aromatic heterocycles. The van der Waals surface area contributed by atoms with Gasteiger partial charge in [0.25, 0.3) is 5.56 Å². The minimum atomic E-state index is -4.48. The topological polar surface area (TPSA) is 45.8 Å². The predicted molar refractivity (Wildman–Crippen MR) is 69.4 cm³/mol. The van der Waals surface area contributed by atoms with Crippen LogP contribution >= 0.6 is 15.9 Å². The zero-order chi connectivity index (χ0) is 14.4. The highest BCUT2D eigenvalue weighted by atomic mass is 79.9. The van der Waals surface area contributed by atoms with Gasteiger partial charge in [-0.1, -0.05) is 15.9 Å². The van der Waals surface area contributed by atoms with E-state index >= 15 is 0 Å². The summed E-state index contributed by atoms with van der Waals surface area (Å²) in [5.41, 5.74) is -1.14. The van der Waals surface area contributed by atoms with Gasteiger partial charge in [0.15, 0.2) is 0 Å². The van der Waals surface area contributed by atoms with Crippen LogP contribution in [0.2, 0.25) is 0 Å². The van der Waals surface area contributed by atoms with Crippen LogP contribution in [0.1, 0.15) is 28.7 Å². The van der Waals surface area contributed by atoms with Gasteiger partial charge in [-0.3, -0.25) is 4.79 Å². The molecule has 0 aliphatic rings. The Morgan fingerprint density at radius 1 is 1.37 bits per heavy atom. The number of aromatic amines is 1. The standard InChI is InChI=1S/C12H10BrF3N2O/c1-5(13)7-3-8-10(4-9(7)12(14,15)16)17-6(2)18-11(8)19/h3-5H,1-2H3,(H,17,18,19). The van der Waals surface area contributed by atoms with Gasteiger partial charge in [0.05, 0.1) is 16.5 Å². The second-order valence-electron chi connectivity index (χ2n) is 4.22. The molecule has 0 aliphatic heterocycles. The lowest BCUT2D eigenvalue weighted by Gasteiger charge is -2.15. The Labute approximate surface area is 115 Å². The second kappa shape index (κ2) is 4.63. The molecule has 0 radical (unpaired) electrons. The molecule has 2 aromatic rings. The SMILES string of the molecule is Cc1nc2cc(C(F)(F)F)c(C(C)Br)cc2c(=O)[nH]1. The van der Waals surface area contributed by atoms with Crippen LogP contribution < -0.4 is 5.56 Å². The van der Waals surface area contributed by atoms with Crippen LogP contribution in [-0.2, 0) is 6.18 Å². The lowest BCUT2D eigenvalue weighted by Crippen LogP contribution is -2.14. The van der Waals surface area contributed by atoms with E-state index in [1.807, 2.05) is 0 Å². The molecule has 1 atom stereocenters. The van der Waals surface area contributed by atoms with E-state index in [4.69, 9.17) is 0 Å². The number of nitrogens with one attached hydrogen (secondary N) is 1. The van der Waals surface area contributed by atoms with Crippen molar-refractivity contribution in [2.75, 3.05) is 0 Å². The number of H-pyrrole nitrogens is 1. The van der Waals surface area contributed by atoms with Crippen LogP contribution in [0.25, 0.3) is 10.9 Å². The van der Waals surface area contributed by atoms with Crippen molar-refractivity contribution in [1.29, 1.82) is 0 Å². The highest BCUT2D eigenvalue weighted by Gasteiger charge is 2.35. The summed E-state index contributed by atoms with van der Waals surface area (Å²) in [5, 5.41) is 0.153. The molecule has 1 aromatic carbocycles. The number of hydrogen-bond acceptors (Lipinski definition) is 2. The van der Waals surface area contributed by atoms with E-state index in [2.05, 4.69) is 25.9 Å². The average molecular weight is 335 g/mol. The maximum Gasteiger partial charge on any atom is 0.416 e. The summed E-state index contributed by atoms with van der Waals surface area (Å²) >= 11 is 3.12. The zero-order valence-electron chi connectivity index (χ0n) is 10.1. The summed E-state index contributed by atoms with van der Waals surface area (Å²) in [6.07, 6.45) is -4.48. The molecule has 0 saturated heterocycles. The van der Waals surface area contributed by atoms with Crippen LogP contribution in [0.5, 0.6) is 0 Å². The van der Waals surface area contributed by atoms with E-state index in [1.54, 1.807) is 6.92 Å². The van der Waals surface area contributed by atoms with E-state index in [9.17, 15) is 18.0 Å². The molecule has 2 rings (SSSR count). The lowest BCUT2D eigenvalue weighted by atomic mass is 10.0. The summed E-state index contributed by atoms with van der Waals surface area (Å²) in [6, 6.07) is 2.16. The first-order valence-corrected chi connectivity index (χ1v) is 6.37. The molecule has 1 N–H and O–H groups in total. The third kappa shape index (κ3) is 2.65. The Bertz CT molecular complexity index is 692. The van der Waals surface area contributed by atoms with Crippen molar-refractivity contribution in [2.24, 2.45) is 0 Å². The van der Waals surface area contributed by atoms with Gasteiger partial charge in [-0.15, -0.1) is 0 Å². The van der Waals surface area contributed by atoms with Gasteiger partial charge in [0.2, 0.25) is 0 Å². The van der Waals surface area contributed by atoms with E-state index < -0.39 is 22.1 Å². The molecule has 0 fully saturated rings. The molecule has 0 saturated carbocycles. The molecule has 7 heteroatoms. The Balaban J connectivity index is 2.89. The third-order valence-electron chi connectivity index (χ3n) is 2.73. The summed E-state index contributed by atoms with van der Waals surface area (Å²) in [4.78, 5) is 17.6. The van der Waals surface area contributed by atoms with E-state index in [-0.39, 0.29) is 22.3 Å². The van der Waals surface area contributed by atoms with Crippen LogP contribution in [0.4, 0.5) is 13.2 Å². The second-order valence-corrected chi connectivity index (χ2v) is 5.60. The Morgan fingerprint density at radius 2 is 2.00 bits per heavy atom. The monoisotopic (exact) mass is 334 g/mol. The quantitative estimate of drug-likeness (QED) is 0.808. The van der Waals surface area contributed by atoms with E-state index in [0.29, 0.717) is 0 Å². The Morgan fingerprint density at radius 3 is 2.53 bits per heavy atom. The predicted octanol–water partition coefficient (Wildman–Crippen LogP) is 3.71. The van der Waals surface area contributed by atoms with Gasteiger partial charge in [0.1, 0.15) is 5.82 Å². The van der Waals surface area contributed by atoms with Crippen LogP contribution in [0, 0.1) is 6.92 Å². The van der Waals surface area contributed by atoms with Crippen LogP contribution in [-0.4, -0.2) is 9.97 Å². The summed E-state index contributed by atoms with van der Waals surface area (Å²) in [6.45, 7) is 3.10. The van der Waals surface area contributed by atoms with Crippen molar-refractivity contribution in [3.63, 3.8) is 0 Å². The number of benzene rings is 1. The summed E-state index contributed by atoms with van der Waals surface area (Å²) in [7, 11) is 0.